The minimum absolute atomic E-state index is 1.02. The molecule has 0 saturated heterocycles. The molecule has 0 amide bonds. The van der Waals surface area contributed by atoms with Gasteiger partial charge in [0.2, 0.25) is 0 Å². The van der Waals surface area contributed by atoms with E-state index in [1.54, 1.807) is 0 Å². The van der Waals surface area contributed by atoms with E-state index in [-0.39, 0.29) is 0 Å². The van der Waals surface area contributed by atoms with Crippen LogP contribution in [0.2, 0.25) is 0 Å². The maximum absolute atomic E-state index is 2.31. The minimum Gasteiger partial charge on any atom is -0.162 e. The first-order chi connectivity index (χ1) is 2.84. The van der Waals surface area contributed by atoms with E-state index < -0.39 is 0 Å². The van der Waals surface area contributed by atoms with Crippen LogP contribution in [0, 0.1) is 5.92 Å². The van der Waals surface area contributed by atoms with E-state index in [2.05, 4.69) is 13.2 Å². The lowest BCUT2D eigenvalue weighted by atomic mass is 10.5. The highest BCUT2D eigenvalue weighted by Gasteiger charge is 2.30. The van der Waals surface area contributed by atoms with Crippen LogP contribution >= 0.6 is 11.8 Å². The van der Waals surface area contributed by atoms with E-state index in [0.29, 0.717) is 0 Å². The van der Waals surface area contributed by atoms with Crippen molar-refractivity contribution in [2.75, 3.05) is 6.26 Å². The lowest BCUT2D eigenvalue weighted by molar-refractivity contribution is 0.988. The van der Waals surface area contributed by atoms with Crippen molar-refractivity contribution in [3.8, 4) is 0 Å². The maximum atomic E-state index is 2.31. The fourth-order valence-corrected chi connectivity index (χ4v) is 1.58. The molecule has 0 nitrogen and oxygen atoms in total. The standard InChI is InChI=1S/C5H10S/c1-4-3-5(4)6-2/h4-5H,3H2,1-2H3. The molecule has 2 atom stereocenters. The van der Waals surface area contributed by atoms with Gasteiger partial charge in [-0.2, -0.15) is 11.8 Å². The normalized spacial score (nSPS) is 43.0. The predicted octanol–water partition coefficient (Wildman–Crippen LogP) is 1.76. The van der Waals surface area contributed by atoms with E-state index >= 15 is 0 Å². The minimum atomic E-state index is 1.02. The summed E-state index contributed by atoms with van der Waals surface area (Å²) in [6.45, 7) is 2.31. The van der Waals surface area contributed by atoms with E-state index in [0.717, 1.165) is 11.2 Å². The van der Waals surface area contributed by atoms with Gasteiger partial charge >= 0.3 is 0 Å². The Bertz CT molecular complexity index is 49.9. The Hall–Kier alpha value is 0.350. The Morgan fingerprint density at radius 2 is 2.17 bits per heavy atom. The summed E-state index contributed by atoms with van der Waals surface area (Å²) in [5, 5.41) is 1.02. The van der Waals surface area contributed by atoms with Gasteiger partial charge in [0.1, 0.15) is 0 Å². The van der Waals surface area contributed by atoms with E-state index in [1.165, 1.54) is 6.42 Å². The Balaban J connectivity index is 2.09. The SMILES string of the molecule is CSC1CC1C. The monoisotopic (exact) mass is 102 g/mol. The van der Waals surface area contributed by atoms with Crippen molar-refractivity contribution >= 4 is 11.8 Å². The fraction of sp³-hybridized carbons (Fsp3) is 1.00. The Morgan fingerprint density at radius 1 is 1.67 bits per heavy atom. The average Bonchev–Trinajstić information content (AvgIpc) is 2.19. The lowest BCUT2D eigenvalue weighted by Crippen LogP contribution is -1.69. The molecular weight excluding hydrogens is 92.1 g/mol. The van der Waals surface area contributed by atoms with Crippen molar-refractivity contribution in [1.82, 2.24) is 0 Å². The van der Waals surface area contributed by atoms with Gasteiger partial charge in [-0.15, -0.1) is 0 Å². The summed E-state index contributed by atoms with van der Waals surface area (Å²) in [5.41, 5.74) is 0. The van der Waals surface area contributed by atoms with Gasteiger partial charge in [0.05, 0.1) is 0 Å². The zero-order chi connectivity index (χ0) is 4.57. The second kappa shape index (κ2) is 1.45. The van der Waals surface area contributed by atoms with Gasteiger partial charge in [0.15, 0.2) is 0 Å². The highest BCUT2D eigenvalue weighted by atomic mass is 32.2. The molecular formula is C5H10S. The topological polar surface area (TPSA) is 0 Å². The Labute approximate surface area is 43.3 Å². The van der Waals surface area contributed by atoms with Gasteiger partial charge in [-0.3, -0.25) is 0 Å². The van der Waals surface area contributed by atoms with Crippen LogP contribution in [0.3, 0.4) is 0 Å². The molecule has 0 aromatic carbocycles. The molecule has 1 rings (SSSR count). The number of hydrogen-bond donors (Lipinski definition) is 0. The van der Waals surface area contributed by atoms with Crippen molar-refractivity contribution in [2.45, 2.75) is 18.6 Å². The molecule has 1 fully saturated rings. The van der Waals surface area contributed by atoms with Crippen LogP contribution in [-0.2, 0) is 0 Å². The Morgan fingerprint density at radius 3 is 2.17 bits per heavy atom. The van der Waals surface area contributed by atoms with Crippen LogP contribution in [-0.4, -0.2) is 11.5 Å². The zero-order valence-corrected chi connectivity index (χ0v) is 5.09. The van der Waals surface area contributed by atoms with Gasteiger partial charge in [-0.1, -0.05) is 6.92 Å². The largest absolute Gasteiger partial charge is 0.162 e. The summed E-state index contributed by atoms with van der Waals surface area (Å²) in [6, 6.07) is 0. The predicted molar refractivity (Wildman–Crippen MR) is 31.1 cm³/mol. The number of hydrogen-bond acceptors (Lipinski definition) is 1. The lowest BCUT2D eigenvalue weighted by Gasteiger charge is -1.79. The highest BCUT2D eigenvalue weighted by molar-refractivity contribution is 7.99. The number of thioether (sulfide) groups is 1. The summed E-state index contributed by atoms with van der Waals surface area (Å²) >= 11 is 2.00. The molecule has 0 bridgehead atoms. The van der Waals surface area contributed by atoms with Crippen molar-refractivity contribution < 1.29 is 0 Å². The molecule has 1 heteroatoms. The molecule has 6 heavy (non-hydrogen) atoms. The van der Waals surface area contributed by atoms with E-state index in [4.69, 9.17) is 0 Å². The molecule has 36 valence electrons. The summed E-state index contributed by atoms with van der Waals surface area (Å²) in [6.07, 6.45) is 3.65. The summed E-state index contributed by atoms with van der Waals surface area (Å²) < 4.78 is 0. The average molecular weight is 102 g/mol. The van der Waals surface area contributed by atoms with Crippen molar-refractivity contribution in [3.63, 3.8) is 0 Å². The molecule has 0 heterocycles. The van der Waals surface area contributed by atoms with Crippen molar-refractivity contribution in [1.29, 1.82) is 0 Å². The molecule has 0 radical (unpaired) electrons. The first kappa shape index (κ1) is 4.51. The highest BCUT2D eigenvalue weighted by Crippen LogP contribution is 2.39. The summed E-state index contributed by atoms with van der Waals surface area (Å²) in [7, 11) is 0. The van der Waals surface area contributed by atoms with Gasteiger partial charge in [-0.25, -0.2) is 0 Å². The fourth-order valence-electron chi connectivity index (χ4n) is 0.616. The van der Waals surface area contributed by atoms with Crippen LogP contribution in [0.5, 0.6) is 0 Å². The molecule has 1 aliphatic carbocycles. The zero-order valence-electron chi connectivity index (χ0n) is 4.27. The maximum Gasteiger partial charge on any atom is 0.00732 e. The molecule has 1 saturated carbocycles. The molecule has 0 aromatic rings. The number of rotatable bonds is 1. The third-order valence-corrected chi connectivity index (χ3v) is 2.60. The van der Waals surface area contributed by atoms with E-state index in [9.17, 15) is 0 Å². The van der Waals surface area contributed by atoms with Gasteiger partial charge < -0.3 is 0 Å². The second-order valence-corrected chi connectivity index (χ2v) is 3.06. The van der Waals surface area contributed by atoms with Crippen LogP contribution < -0.4 is 0 Å². The van der Waals surface area contributed by atoms with E-state index in [1.807, 2.05) is 11.8 Å². The molecule has 0 aromatic heterocycles. The second-order valence-electron chi connectivity index (χ2n) is 1.99. The summed E-state index contributed by atoms with van der Waals surface area (Å²) in [5.74, 6) is 1.03. The van der Waals surface area contributed by atoms with Crippen LogP contribution in [0.25, 0.3) is 0 Å². The van der Waals surface area contributed by atoms with Crippen LogP contribution in [0.4, 0.5) is 0 Å². The molecule has 0 aliphatic heterocycles. The third kappa shape index (κ3) is 0.700. The smallest absolute Gasteiger partial charge is 0.00732 e. The van der Waals surface area contributed by atoms with Crippen molar-refractivity contribution in [3.05, 3.63) is 0 Å². The van der Waals surface area contributed by atoms with Gasteiger partial charge in [0, 0.05) is 5.25 Å². The quantitative estimate of drug-likeness (QED) is 0.486. The van der Waals surface area contributed by atoms with Crippen LogP contribution in [0.1, 0.15) is 13.3 Å². The Kier molecular flexibility index (Phi) is 1.09. The first-order valence-electron chi connectivity index (χ1n) is 2.37. The van der Waals surface area contributed by atoms with Crippen molar-refractivity contribution in [2.24, 2.45) is 5.92 Å². The molecule has 2 unspecified atom stereocenters. The van der Waals surface area contributed by atoms with Gasteiger partial charge in [-0.05, 0) is 18.6 Å². The molecule has 0 N–H and O–H groups in total. The van der Waals surface area contributed by atoms with Crippen LogP contribution in [0.15, 0.2) is 0 Å². The van der Waals surface area contributed by atoms with Gasteiger partial charge in [0.25, 0.3) is 0 Å². The molecule has 1 aliphatic rings. The first-order valence-corrected chi connectivity index (χ1v) is 3.66. The third-order valence-electron chi connectivity index (χ3n) is 1.34. The summed E-state index contributed by atoms with van der Waals surface area (Å²) in [4.78, 5) is 0. The molecule has 0 spiro atoms.